The predicted octanol–water partition coefficient (Wildman–Crippen LogP) is 0.913. The molecule has 0 radical (unpaired) electrons. The lowest BCUT2D eigenvalue weighted by molar-refractivity contribution is -0.255. The summed E-state index contributed by atoms with van der Waals surface area (Å²) in [6.45, 7) is 2.63. The maximum Gasteiger partial charge on any atom is 0.245 e. The van der Waals surface area contributed by atoms with E-state index in [0.29, 0.717) is 30.3 Å². The Labute approximate surface area is 149 Å². The molecule has 2 aromatic rings. The van der Waals surface area contributed by atoms with Gasteiger partial charge >= 0.3 is 0 Å². The Morgan fingerprint density at radius 1 is 1.19 bits per heavy atom. The van der Waals surface area contributed by atoms with Crippen LogP contribution in [0.15, 0.2) is 45.9 Å². The maximum absolute atomic E-state index is 11.8. The number of ether oxygens (including phenoxy) is 2. The molecule has 0 aliphatic carbocycles. The van der Waals surface area contributed by atoms with E-state index >= 15 is 0 Å². The number of benzene rings is 1. The van der Waals surface area contributed by atoms with Gasteiger partial charge < -0.3 is 23.8 Å². The minimum absolute atomic E-state index is 0.0402. The summed E-state index contributed by atoms with van der Waals surface area (Å²) in [6, 6.07) is 9.52. The highest BCUT2D eigenvalue weighted by molar-refractivity contribution is 5.86. The average molecular weight is 357 g/mol. The lowest BCUT2D eigenvalue weighted by Gasteiger charge is -2.20. The SMILES string of the molecule is CC1(CC(=O)N/N=C\c2ccc(-c3ccc(C(=O)[O-])cc3)o2)OCCO1. The number of hydrazone groups is 1. The molecule has 8 heteroatoms. The summed E-state index contributed by atoms with van der Waals surface area (Å²) in [5.41, 5.74) is 3.19. The number of carboxylic acid groups (broad SMARTS) is 1. The van der Waals surface area contributed by atoms with Crippen molar-refractivity contribution in [1.29, 1.82) is 0 Å². The molecule has 0 unspecified atom stereocenters. The van der Waals surface area contributed by atoms with Gasteiger partial charge in [-0.1, -0.05) is 24.3 Å². The third-order valence-electron chi connectivity index (χ3n) is 3.79. The summed E-state index contributed by atoms with van der Waals surface area (Å²) in [5, 5.41) is 14.6. The molecule has 1 amide bonds. The summed E-state index contributed by atoms with van der Waals surface area (Å²) < 4.78 is 16.3. The molecule has 0 bridgehead atoms. The summed E-state index contributed by atoms with van der Waals surface area (Å²) in [5.74, 6) is -1.50. The second kappa shape index (κ2) is 7.51. The molecule has 26 heavy (non-hydrogen) atoms. The van der Waals surface area contributed by atoms with E-state index in [1.54, 1.807) is 31.2 Å². The molecule has 3 rings (SSSR count). The highest BCUT2D eigenvalue weighted by atomic mass is 16.7. The number of rotatable bonds is 6. The zero-order valence-electron chi connectivity index (χ0n) is 14.1. The standard InChI is InChI=1S/C18H18N2O6/c1-18(24-8-9-25-18)10-16(21)20-19-11-14-6-7-15(26-14)12-2-4-13(5-3-12)17(22)23/h2-7,11H,8-10H2,1H3,(H,20,21)(H,22,23)/p-1/b19-11-. The van der Waals surface area contributed by atoms with Crippen LogP contribution in [0.3, 0.4) is 0 Å². The van der Waals surface area contributed by atoms with Gasteiger partial charge in [-0.05, 0) is 24.6 Å². The second-order valence-corrected chi connectivity index (χ2v) is 5.87. The van der Waals surface area contributed by atoms with Crippen LogP contribution in [0.4, 0.5) is 0 Å². The zero-order valence-corrected chi connectivity index (χ0v) is 14.1. The maximum atomic E-state index is 11.8. The molecule has 1 aromatic heterocycles. The van der Waals surface area contributed by atoms with Crippen LogP contribution in [-0.4, -0.2) is 37.1 Å². The Balaban J connectivity index is 1.56. The van der Waals surface area contributed by atoms with Gasteiger partial charge in [0.25, 0.3) is 0 Å². The van der Waals surface area contributed by atoms with E-state index in [-0.39, 0.29) is 17.9 Å². The largest absolute Gasteiger partial charge is 0.545 e. The highest BCUT2D eigenvalue weighted by Crippen LogP contribution is 2.23. The van der Waals surface area contributed by atoms with E-state index < -0.39 is 11.8 Å². The molecular formula is C18H17N2O6-. The molecule has 1 saturated heterocycles. The number of carbonyl (C=O) groups is 2. The van der Waals surface area contributed by atoms with Crippen LogP contribution >= 0.6 is 0 Å². The van der Waals surface area contributed by atoms with Crippen LogP contribution in [0.1, 0.15) is 29.5 Å². The van der Waals surface area contributed by atoms with Crippen molar-refractivity contribution < 1.29 is 28.6 Å². The number of carboxylic acids is 1. The van der Waals surface area contributed by atoms with E-state index in [1.165, 1.54) is 18.3 Å². The number of carbonyl (C=O) groups excluding carboxylic acids is 2. The van der Waals surface area contributed by atoms with Crippen molar-refractivity contribution in [3.8, 4) is 11.3 Å². The van der Waals surface area contributed by atoms with Gasteiger partial charge in [0.15, 0.2) is 5.79 Å². The van der Waals surface area contributed by atoms with Crippen LogP contribution in [0, 0.1) is 0 Å². The first-order valence-corrected chi connectivity index (χ1v) is 7.97. The van der Waals surface area contributed by atoms with Gasteiger partial charge in [-0.2, -0.15) is 5.10 Å². The molecule has 0 atom stereocenters. The zero-order chi connectivity index (χ0) is 18.6. The number of nitrogens with zero attached hydrogens (tertiary/aromatic N) is 1. The molecule has 0 spiro atoms. The lowest BCUT2D eigenvalue weighted by atomic mass is 10.1. The van der Waals surface area contributed by atoms with Gasteiger partial charge in [0.2, 0.25) is 5.91 Å². The number of nitrogens with one attached hydrogen (secondary N) is 1. The van der Waals surface area contributed by atoms with Gasteiger partial charge in [-0.15, -0.1) is 0 Å². The lowest BCUT2D eigenvalue weighted by Crippen LogP contribution is -2.33. The topological polar surface area (TPSA) is 113 Å². The normalized spacial score (nSPS) is 16.0. The van der Waals surface area contributed by atoms with E-state index in [0.717, 1.165) is 0 Å². The molecule has 136 valence electrons. The molecule has 2 heterocycles. The Bertz CT molecular complexity index is 818. The quantitative estimate of drug-likeness (QED) is 0.607. The van der Waals surface area contributed by atoms with Crippen LogP contribution < -0.4 is 10.5 Å². The van der Waals surface area contributed by atoms with Crippen molar-refractivity contribution >= 4 is 18.1 Å². The molecule has 1 N–H and O–H groups in total. The first kappa shape index (κ1) is 17.8. The van der Waals surface area contributed by atoms with Crippen molar-refractivity contribution in [2.75, 3.05) is 13.2 Å². The number of amides is 1. The van der Waals surface area contributed by atoms with Gasteiger partial charge in [-0.25, -0.2) is 5.43 Å². The Hall–Kier alpha value is -2.97. The Kier molecular flexibility index (Phi) is 5.15. The Morgan fingerprint density at radius 2 is 1.88 bits per heavy atom. The fourth-order valence-electron chi connectivity index (χ4n) is 2.51. The highest BCUT2D eigenvalue weighted by Gasteiger charge is 2.33. The van der Waals surface area contributed by atoms with Crippen LogP contribution in [0.2, 0.25) is 0 Å². The van der Waals surface area contributed by atoms with Gasteiger partial charge in [0.05, 0.1) is 31.8 Å². The molecule has 1 aromatic carbocycles. The molecule has 1 fully saturated rings. The minimum atomic E-state index is -1.23. The number of hydrogen-bond donors (Lipinski definition) is 1. The monoisotopic (exact) mass is 357 g/mol. The van der Waals surface area contributed by atoms with E-state index in [2.05, 4.69) is 10.5 Å². The first-order chi connectivity index (χ1) is 12.5. The van der Waals surface area contributed by atoms with Crippen LogP contribution in [0.25, 0.3) is 11.3 Å². The fraction of sp³-hybridized carbons (Fsp3) is 0.278. The third kappa shape index (κ3) is 4.35. The van der Waals surface area contributed by atoms with Gasteiger partial charge in [-0.3, -0.25) is 4.79 Å². The van der Waals surface area contributed by atoms with Crippen molar-refractivity contribution in [2.45, 2.75) is 19.1 Å². The van der Waals surface area contributed by atoms with Gasteiger partial charge in [0.1, 0.15) is 11.5 Å². The summed E-state index contributed by atoms with van der Waals surface area (Å²) in [4.78, 5) is 22.6. The molecular weight excluding hydrogens is 340 g/mol. The summed E-state index contributed by atoms with van der Waals surface area (Å²) >= 11 is 0. The number of furan rings is 1. The molecule has 1 aliphatic rings. The summed E-state index contributed by atoms with van der Waals surface area (Å²) in [6.07, 6.45) is 1.41. The third-order valence-corrected chi connectivity index (χ3v) is 3.79. The Morgan fingerprint density at radius 3 is 2.54 bits per heavy atom. The van der Waals surface area contributed by atoms with E-state index in [4.69, 9.17) is 13.9 Å². The van der Waals surface area contributed by atoms with Crippen LogP contribution in [0.5, 0.6) is 0 Å². The average Bonchev–Trinajstić information content (AvgIpc) is 3.24. The molecule has 1 aliphatic heterocycles. The number of hydrogen-bond acceptors (Lipinski definition) is 7. The molecule has 8 nitrogen and oxygen atoms in total. The van der Waals surface area contributed by atoms with Crippen LogP contribution in [-0.2, 0) is 14.3 Å². The predicted molar refractivity (Wildman–Crippen MR) is 89.1 cm³/mol. The van der Waals surface area contributed by atoms with E-state index in [1.807, 2.05) is 0 Å². The second-order valence-electron chi connectivity index (χ2n) is 5.87. The smallest absolute Gasteiger partial charge is 0.245 e. The first-order valence-electron chi connectivity index (χ1n) is 7.97. The number of aromatic carboxylic acids is 1. The minimum Gasteiger partial charge on any atom is -0.545 e. The van der Waals surface area contributed by atoms with E-state index in [9.17, 15) is 14.7 Å². The van der Waals surface area contributed by atoms with Crippen molar-refractivity contribution in [1.82, 2.24) is 5.43 Å². The van der Waals surface area contributed by atoms with Crippen molar-refractivity contribution in [3.63, 3.8) is 0 Å². The fourth-order valence-corrected chi connectivity index (χ4v) is 2.51. The van der Waals surface area contributed by atoms with Crippen molar-refractivity contribution in [3.05, 3.63) is 47.7 Å². The summed E-state index contributed by atoms with van der Waals surface area (Å²) in [7, 11) is 0. The van der Waals surface area contributed by atoms with Gasteiger partial charge in [0, 0.05) is 5.56 Å². The van der Waals surface area contributed by atoms with Crippen molar-refractivity contribution in [2.24, 2.45) is 5.10 Å². The molecule has 0 saturated carbocycles.